The van der Waals surface area contributed by atoms with E-state index in [0.717, 1.165) is 48.1 Å². The van der Waals surface area contributed by atoms with Gasteiger partial charge in [0.1, 0.15) is 0 Å². The van der Waals surface area contributed by atoms with Crippen LogP contribution in [-0.2, 0) is 0 Å². The van der Waals surface area contributed by atoms with Crippen LogP contribution in [0.2, 0.25) is 0 Å². The normalized spacial score (nSPS) is 21.1. The van der Waals surface area contributed by atoms with Gasteiger partial charge in [-0.1, -0.05) is 69.5 Å². The Morgan fingerprint density at radius 2 is 1.73 bits per heavy atom. The molecule has 160 valence electrons. The Labute approximate surface area is 179 Å². The maximum absolute atomic E-state index is 13.4. The lowest BCUT2D eigenvalue weighted by Gasteiger charge is -2.34. The second-order valence-corrected chi connectivity index (χ2v) is 8.34. The molecule has 2 aromatic rings. The fraction of sp³-hybridized carbons (Fsp3) is 0.462. The Morgan fingerprint density at radius 1 is 1.00 bits per heavy atom. The van der Waals surface area contributed by atoms with Crippen LogP contribution in [-0.4, -0.2) is 11.9 Å². The predicted molar refractivity (Wildman–Crippen MR) is 121 cm³/mol. The summed E-state index contributed by atoms with van der Waals surface area (Å²) < 4.78 is 26.6. The van der Waals surface area contributed by atoms with Crippen LogP contribution in [0.25, 0.3) is 0 Å². The van der Waals surface area contributed by atoms with Crippen molar-refractivity contribution in [2.45, 2.75) is 58.8 Å². The fourth-order valence-electron chi connectivity index (χ4n) is 4.74. The summed E-state index contributed by atoms with van der Waals surface area (Å²) in [5.41, 5.74) is 2.58. The summed E-state index contributed by atoms with van der Waals surface area (Å²) in [6, 6.07) is 13.9. The fourth-order valence-corrected chi connectivity index (χ4v) is 4.74. The molecule has 0 amide bonds. The second-order valence-electron chi connectivity index (χ2n) is 8.34. The van der Waals surface area contributed by atoms with Crippen molar-refractivity contribution in [1.29, 1.82) is 0 Å². The van der Waals surface area contributed by atoms with Crippen molar-refractivity contribution in [3.63, 3.8) is 0 Å². The molecule has 4 heteroatoms. The van der Waals surface area contributed by atoms with Crippen LogP contribution in [0.15, 0.2) is 58.7 Å². The summed E-state index contributed by atoms with van der Waals surface area (Å²) in [5, 5.41) is 8.80. The van der Waals surface area contributed by atoms with Gasteiger partial charge in [-0.15, -0.1) is 0 Å². The van der Waals surface area contributed by atoms with E-state index in [9.17, 15) is 8.78 Å². The van der Waals surface area contributed by atoms with Crippen molar-refractivity contribution in [3.8, 4) is 0 Å². The van der Waals surface area contributed by atoms with Crippen molar-refractivity contribution in [2.75, 3.05) is 0 Å². The lowest BCUT2D eigenvalue weighted by molar-refractivity contribution is 0.212. The Bertz CT molecular complexity index is 853. The Kier molecular flexibility index (Phi) is 8.30. The number of nitrogens with zero attached hydrogens (tertiary/aromatic N) is 2. The third-order valence-corrected chi connectivity index (χ3v) is 6.39. The first-order chi connectivity index (χ1) is 14.6. The van der Waals surface area contributed by atoms with Gasteiger partial charge in [0.25, 0.3) is 0 Å². The first kappa shape index (κ1) is 22.3. The van der Waals surface area contributed by atoms with Crippen molar-refractivity contribution >= 4 is 11.9 Å². The van der Waals surface area contributed by atoms with Gasteiger partial charge in [0.05, 0.1) is 11.9 Å². The quantitative estimate of drug-likeness (QED) is 0.319. The van der Waals surface area contributed by atoms with Gasteiger partial charge >= 0.3 is 0 Å². The Hall–Kier alpha value is -2.36. The average Bonchev–Trinajstić information content (AvgIpc) is 2.78. The molecular weight excluding hydrogens is 378 g/mol. The monoisotopic (exact) mass is 410 g/mol. The second kappa shape index (κ2) is 11.1. The third kappa shape index (κ3) is 5.84. The molecule has 0 bridgehead atoms. The minimum Gasteiger partial charge on any atom is -0.204 e. The predicted octanol–water partition coefficient (Wildman–Crippen LogP) is 7.42. The SMILES string of the molecule is CCCC(CC)[C@H]1CC[C@H](C(=NN=Cc2ccc(F)c(F)c2)c2ccccc2)CC1. The van der Waals surface area contributed by atoms with Crippen molar-refractivity contribution in [3.05, 3.63) is 71.3 Å². The lowest BCUT2D eigenvalue weighted by atomic mass is 9.72. The molecule has 0 saturated heterocycles. The first-order valence-electron chi connectivity index (χ1n) is 11.2. The summed E-state index contributed by atoms with van der Waals surface area (Å²) in [7, 11) is 0. The van der Waals surface area contributed by atoms with E-state index in [1.54, 1.807) is 0 Å². The van der Waals surface area contributed by atoms with Gasteiger partial charge in [0.2, 0.25) is 0 Å². The van der Waals surface area contributed by atoms with Crippen molar-refractivity contribution in [1.82, 2.24) is 0 Å². The summed E-state index contributed by atoms with van der Waals surface area (Å²) in [6.45, 7) is 4.59. The van der Waals surface area contributed by atoms with Crippen LogP contribution >= 0.6 is 0 Å². The molecule has 0 radical (unpaired) electrons. The van der Waals surface area contributed by atoms with Gasteiger partial charge in [-0.3, -0.25) is 0 Å². The molecule has 0 aliphatic heterocycles. The first-order valence-corrected chi connectivity index (χ1v) is 11.2. The van der Waals surface area contributed by atoms with E-state index in [4.69, 9.17) is 0 Å². The number of hydrogen-bond donors (Lipinski definition) is 0. The molecule has 0 heterocycles. The van der Waals surface area contributed by atoms with Crippen LogP contribution < -0.4 is 0 Å². The van der Waals surface area contributed by atoms with Gasteiger partial charge in [-0.2, -0.15) is 10.2 Å². The lowest BCUT2D eigenvalue weighted by Crippen LogP contribution is -2.26. The molecule has 3 rings (SSSR count). The molecule has 1 unspecified atom stereocenters. The highest BCUT2D eigenvalue weighted by Gasteiger charge is 2.29. The molecule has 1 fully saturated rings. The average molecular weight is 411 g/mol. The van der Waals surface area contributed by atoms with Crippen LogP contribution in [0.3, 0.4) is 0 Å². The van der Waals surface area contributed by atoms with Gasteiger partial charge in [0.15, 0.2) is 11.6 Å². The molecule has 0 aromatic heterocycles. The van der Waals surface area contributed by atoms with Gasteiger partial charge < -0.3 is 0 Å². The van der Waals surface area contributed by atoms with Crippen LogP contribution in [0.1, 0.15) is 69.9 Å². The zero-order valence-electron chi connectivity index (χ0n) is 18.0. The molecule has 1 saturated carbocycles. The third-order valence-electron chi connectivity index (χ3n) is 6.39. The van der Waals surface area contributed by atoms with E-state index in [1.165, 1.54) is 44.4 Å². The summed E-state index contributed by atoms with van der Waals surface area (Å²) in [4.78, 5) is 0. The topological polar surface area (TPSA) is 24.7 Å². The molecule has 30 heavy (non-hydrogen) atoms. The zero-order valence-corrected chi connectivity index (χ0v) is 18.0. The minimum absolute atomic E-state index is 0.380. The zero-order chi connectivity index (χ0) is 21.3. The van der Waals surface area contributed by atoms with Crippen molar-refractivity contribution < 1.29 is 8.78 Å². The molecule has 0 N–H and O–H groups in total. The number of halogens is 2. The van der Waals surface area contributed by atoms with E-state index in [1.807, 2.05) is 18.2 Å². The van der Waals surface area contributed by atoms with Crippen LogP contribution in [0.5, 0.6) is 0 Å². The highest BCUT2D eigenvalue weighted by molar-refractivity contribution is 6.02. The number of rotatable bonds is 8. The maximum Gasteiger partial charge on any atom is 0.159 e. The number of hydrogen-bond acceptors (Lipinski definition) is 2. The summed E-state index contributed by atoms with van der Waals surface area (Å²) >= 11 is 0. The summed E-state index contributed by atoms with van der Waals surface area (Å²) in [5.74, 6) is 0.297. The molecular formula is C26H32F2N2. The number of benzene rings is 2. The smallest absolute Gasteiger partial charge is 0.159 e. The highest BCUT2D eigenvalue weighted by atomic mass is 19.2. The molecule has 1 aliphatic carbocycles. The van der Waals surface area contributed by atoms with E-state index in [-0.39, 0.29) is 0 Å². The molecule has 1 atom stereocenters. The Morgan fingerprint density at radius 3 is 2.37 bits per heavy atom. The molecule has 1 aliphatic rings. The van der Waals surface area contributed by atoms with Gasteiger partial charge in [-0.25, -0.2) is 8.78 Å². The van der Waals surface area contributed by atoms with Gasteiger partial charge in [0, 0.05) is 5.92 Å². The van der Waals surface area contributed by atoms with E-state index in [2.05, 4.69) is 36.2 Å². The summed E-state index contributed by atoms with van der Waals surface area (Å²) in [6.07, 6.45) is 10.1. The Balaban J connectivity index is 1.76. The van der Waals surface area contributed by atoms with Crippen molar-refractivity contribution in [2.24, 2.45) is 28.0 Å². The molecule has 2 aromatic carbocycles. The molecule has 2 nitrogen and oxygen atoms in total. The largest absolute Gasteiger partial charge is 0.204 e. The van der Waals surface area contributed by atoms with Gasteiger partial charge in [-0.05, 0) is 60.8 Å². The maximum atomic E-state index is 13.4. The van der Waals surface area contributed by atoms with Crippen LogP contribution in [0, 0.1) is 29.4 Å². The molecule has 0 spiro atoms. The van der Waals surface area contributed by atoms with Crippen LogP contribution in [0.4, 0.5) is 8.78 Å². The standard InChI is InChI=1S/C26H32F2N2/c1-3-8-20(4-2)21-12-14-23(15-13-21)26(22-9-6-5-7-10-22)30-29-18-19-11-16-24(27)25(28)17-19/h5-7,9-11,16-18,20-21,23H,3-4,8,12-15H2,1-2H3/t20?,21-,23-. The minimum atomic E-state index is -0.873. The van der Waals surface area contributed by atoms with E-state index >= 15 is 0 Å². The highest BCUT2D eigenvalue weighted by Crippen LogP contribution is 2.38. The van der Waals surface area contributed by atoms with E-state index in [0.29, 0.717) is 11.5 Å². The van der Waals surface area contributed by atoms with E-state index < -0.39 is 11.6 Å².